The molecular formula is C26H21NO3. The van der Waals surface area contributed by atoms with Crippen LogP contribution >= 0.6 is 0 Å². The molecule has 0 aliphatic carbocycles. The smallest absolute Gasteiger partial charge is 0.231 e. The van der Waals surface area contributed by atoms with E-state index in [1.807, 2.05) is 66.7 Å². The van der Waals surface area contributed by atoms with E-state index < -0.39 is 0 Å². The summed E-state index contributed by atoms with van der Waals surface area (Å²) in [6, 6.07) is 23.9. The monoisotopic (exact) mass is 395 g/mol. The highest BCUT2D eigenvalue weighted by molar-refractivity contribution is 6.13. The maximum atomic E-state index is 12.8. The van der Waals surface area contributed by atoms with Crippen molar-refractivity contribution >= 4 is 11.9 Å². The molecule has 3 aromatic rings. The zero-order chi connectivity index (χ0) is 20.3. The number of nitrogens with zero attached hydrogens (tertiary/aromatic N) is 1. The first-order valence-corrected chi connectivity index (χ1v) is 9.99. The number of ether oxygens (including phenoxy) is 2. The summed E-state index contributed by atoms with van der Waals surface area (Å²) in [5, 5.41) is 0. The van der Waals surface area contributed by atoms with Gasteiger partial charge < -0.3 is 9.47 Å². The maximum absolute atomic E-state index is 12.8. The fraction of sp³-hybridized carbons (Fsp3) is 0.115. The molecule has 0 aromatic heterocycles. The normalized spacial score (nSPS) is 16.9. The first-order valence-electron chi connectivity index (χ1n) is 9.99. The number of ketones is 1. The van der Waals surface area contributed by atoms with Gasteiger partial charge in [-0.05, 0) is 29.3 Å². The Morgan fingerprint density at radius 1 is 0.933 bits per heavy atom. The third-order valence-corrected chi connectivity index (χ3v) is 5.27. The molecule has 3 aromatic carbocycles. The fourth-order valence-corrected chi connectivity index (χ4v) is 3.77. The van der Waals surface area contributed by atoms with E-state index in [9.17, 15) is 4.79 Å². The molecule has 4 heteroatoms. The summed E-state index contributed by atoms with van der Waals surface area (Å²) in [5.41, 5.74) is 3.82. The molecule has 0 saturated carbocycles. The average Bonchev–Trinajstić information content (AvgIpc) is 3.11. The van der Waals surface area contributed by atoms with Crippen LogP contribution in [0.3, 0.4) is 0 Å². The first kappa shape index (κ1) is 18.4. The maximum Gasteiger partial charge on any atom is 0.231 e. The summed E-state index contributed by atoms with van der Waals surface area (Å²) in [4.78, 5) is 15.0. The number of carbonyl (C=O) groups is 1. The van der Waals surface area contributed by atoms with E-state index in [1.54, 1.807) is 12.1 Å². The van der Waals surface area contributed by atoms with Gasteiger partial charge in [-0.15, -0.1) is 0 Å². The SMILES string of the molecule is O=C1/C(=C\C=C\c2ccccc2)Oc2c1ccc1c2CN(Cc2ccccc2)CO1. The van der Waals surface area contributed by atoms with Crippen molar-refractivity contribution in [3.63, 3.8) is 0 Å². The molecule has 148 valence electrons. The molecule has 2 heterocycles. The molecule has 30 heavy (non-hydrogen) atoms. The summed E-state index contributed by atoms with van der Waals surface area (Å²) >= 11 is 0. The summed E-state index contributed by atoms with van der Waals surface area (Å²) < 4.78 is 12.0. The zero-order valence-electron chi connectivity index (χ0n) is 16.5. The molecular weight excluding hydrogens is 374 g/mol. The topological polar surface area (TPSA) is 38.8 Å². The second-order valence-electron chi connectivity index (χ2n) is 7.40. The van der Waals surface area contributed by atoms with E-state index in [2.05, 4.69) is 17.0 Å². The highest BCUT2D eigenvalue weighted by atomic mass is 16.5. The minimum absolute atomic E-state index is 0.0919. The van der Waals surface area contributed by atoms with Crippen molar-refractivity contribution in [3.8, 4) is 11.5 Å². The second kappa shape index (κ2) is 8.01. The minimum atomic E-state index is -0.0919. The van der Waals surface area contributed by atoms with Crippen molar-refractivity contribution < 1.29 is 14.3 Å². The van der Waals surface area contributed by atoms with Crippen LogP contribution in [0, 0.1) is 0 Å². The lowest BCUT2D eigenvalue weighted by Gasteiger charge is -2.29. The Hall–Kier alpha value is -3.63. The first-order chi connectivity index (χ1) is 14.8. The Labute approximate surface area is 175 Å². The Kier molecular flexibility index (Phi) is 4.91. The van der Waals surface area contributed by atoms with E-state index in [4.69, 9.17) is 9.47 Å². The van der Waals surface area contributed by atoms with E-state index in [0.29, 0.717) is 30.3 Å². The fourth-order valence-electron chi connectivity index (χ4n) is 3.77. The lowest BCUT2D eigenvalue weighted by molar-refractivity contribution is 0.0872. The van der Waals surface area contributed by atoms with Crippen molar-refractivity contribution in [2.45, 2.75) is 13.1 Å². The van der Waals surface area contributed by atoms with E-state index >= 15 is 0 Å². The van der Waals surface area contributed by atoms with Gasteiger partial charge in [0.15, 0.2) is 5.76 Å². The quantitative estimate of drug-likeness (QED) is 0.569. The summed E-state index contributed by atoms with van der Waals surface area (Å²) in [7, 11) is 0. The molecule has 0 bridgehead atoms. The van der Waals surface area contributed by atoms with Crippen molar-refractivity contribution in [2.75, 3.05) is 6.73 Å². The Balaban J connectivity index is 1.37. The van der Waals surface area contributed by atoms with Crippen LogP contribution < -0.4 is 9.47 Å². The minimum Gasteiger partial charge on any atom is -0.478 e. The molecule has 0 amide bonds. The van der Waals surface area contributed by atoms with Gasteiger partial charge in [0.1, 0.15) is 18.2 Å². The summed E-state index contributed by atoms with van der Waals surface area (Å²) in [6.45, 7) is 1.96. The molecule has 0 atom stereocenters. The number of fused-ring (bicyclic) bond motifs is 3. The molecule has 0 N–H and O–H groups in total. The lowest BCUT2D eigenvalue weighted by Crippen LogP contribution is -2.31. The summed E-state index contributed by atoms with van der Waals surface area (Å²) in [5.74, 6) is 1.65. The van der Waals surface area contributed by atoms with Gasteiger partial charge in [0, 0.05) is 13.1 Å². The lowest BCUT2D eigenvalue weighted by atomic mass is 10.0. The third-order valence-electron chi connectivity index (χ3n) is 5.27. The molecule has 0 radical (unpaired) electrons. The number of hydrogen-bond donors (Lipinski definition) is 0. The molecule has 0 spiro atoms. The number of benzene rings is 3. The van der Waals surface area contributed by atoms with Crippen LogP contribution in [-0.4, -0.2) is 17.4 Å². The highest BCUT2D eigenvalue weighted by Crippen LogP contribution is 2.41. The molecule has 0 unspecified atom stereocenters. The number of rotatable bonds is 4. The van der Waals surface area contributed by atoms with Gasteiger partial charge in [0.25, 0.3) is 0 Å². The number of carbonyl (C=O) groups excluding carboxylic acids is 1. The van der Waals surface area contributed by atoms with Crippen LogP contribution in [0.25, 0.3) is 6.08 Å². The van der Waals surface area contributed by atoms with Crippen molar-refractivity contribution in [1.29, 1.82) is 0 Å². The highest BCUT2D eigenvalue weighted by Gasteiger charge is 2.33. The summed E-state index contributed by atoms with van der Waals surface area (Å²) in [6.07, 6.45) is 5.53. The zero-order valence-corrected chi connectivity index (χ0v) is 16.5. The van der Waals surface area contributed by atoms with Gasteiger partial charge in [-0.2, -0.15) is 0 Å². The van der Waals surface area contributed by atoms with Gasteiger partial charge in [-0.25, -0.2) is 0 Å². The van der Waals surface area contributed by atoms with Gasteiger partial charge in [0.2, 0.25) is 5.78 Å². The second-order valence-corrected chi connectivity index (χ2v) is 7.40. The number of allylic oxidation sites excluding steroid dienone is 3. The average molecular weight is 395 g/mol. The van der Waals surface area contributed by atoms with Gasteiger partial charge in [-0.3, -0.25) is 9.69 Å². The largest absolute Gasteiger partial charge is 0.478 e. The van der Waals surface area contributed by atoms with E-state index in [-0.39, 0.29) is 5.78 Å². The Morgan fingerprint density at radius 2 is 1.70 bits per heavy atom. The van der Waals surface area contributed by atoms with Crippen LogP contribution in [0.5, 0.6) is 11.5 Å². The molecule has 2 aliphatic rings. The molecule has 2 aliphatic heterocycles. The van der Waals surface area contributed by atoms with Gasteiger partial charge in [-0.1, -0.05) is 72.8 Å². The standard InChI is InChI=1S/C26H21NO3/c28-25-21-14-15-23-22(17-27(18-29-23)16-20-10-5-2-6-11-20)26(21)30-24(25)13-7-12-19-8-3-1-4-9-19/h1-15H,16-18H2/b12-7+,24-13+. The predicted molar refractivity (Wildman–Crippen MR) is 116 cm³/mol. The molecule has 4 nitrogen and oxygen atoms in total. The Bertz CT molecular complexity index is 1130. The number of hydrogen-bond acceptors (Lipinski definition) is 4. The third kappa shape index (κ3) is 3.65. The van der Waals surface area contributed by atoms with Crippen molar-refractivity contribution in [2.24, 2.45) is 0 Å². The van der Waals surface area contributed by atoms with Crippen LogP contribution in [0.2, 0.25) is 0 Å². The Morgan fingerprint density at radius 3 is 2.50 bits per heavy atom. The van der Waals surface area contributed by atoms with E-state index in [0.717, 1.165) is 23.4 Å². The number of Topliss-reactive ketones (excluding diaryl/α,β-unsaturated/α-hetero) is 1. The van der Waals surface area contributed by atoms with Crippen LogP contribution in [-0.2, 0) is 13.1 Å². The molecule has 0 saturated heterocycles. The van der Waals surface area contributed by atoms with E-state index in [1.165, 1.54) is 5.56 Å². The van der Waals surface area contributed by atoms with Gasteiger partial charge >= 0.3 is 0 Å². The molecule has 0 fully saturated rings. The predicted octanol–water partition coefficient (Wildman–Crippen LogP) is 5.21. The van der Waals surface area contributed by atoms with Crippen LogP contribution in [0.1, 0.15) is 27.0 Å². The van der Waals surface area contributed by atoms with Gasteiger partial charge in [0.05, 0.1) is 11.1 Å². The van der Waals surface area contributed by atoms with Crippen molar-refractivity contribution in [1.82, 2.24) is 4.90 Å². The van der Waals surface area contributed by atoms with Crippen LogP contribution in [0.4, 0.5) is 0 Å². The van der Waals surface area contributed by atoms with Crippen LogP contribution in [0.15, 0.2) is 90.7 Å². The van der Waals surface area contributed by atoms with Crippen molar-refractivity contribution in [3.05, 3.63) is 113 Å². The molecule has 5 rings (SSSR count).